The van der Waals surface area contributed by atoms with Crippen molar-refractivity contribution < 1.29 is 9.53 Å². The summed E-state index contributed by atoms with van der Waals surface area (Å²) < 4.78 is 5.33. The van der Waals surface area contributed by atoms with Gasteiger partial charge in [-0.15, -0.1) is 0 Å². The normalized spacial score (nSPS) is 15.7. The van der Waals surface area contributed by atoms with Crippen molar-refractivity contribution in [2.45, 2.75) is 13.8 Å². The molecular weight excluding hydrogens is 290 g/mol. The van der Waals surface area contributed by atoms with Crippen LogP contribution < -0.4 is 5.32 Å². The molecular formula is C18H23N3O2. The Hall–Kier alpha value is -1.98. The van der Waals surface area contributed by atoms with Gasteiger partial charge in [-0.05, 0) is 25.5 Å². The highest BCUT2D eigenvalue weighted by Gasteiger charge is 2.14. The summed E-state index contributed by atoms with van der Waals surface area (Å²) in [6.45, 7) is 8.89. The average Bonchev–Trinajstić information content (AvgIpc) is 2.56. The zero-order chi connectivity index (χ0) is 16.2. The number of nitrogens with one attached hydrogen (secondary N) is 1. The molecule has 5 heteroatoms. The first-order valence-corrected chi connectivity index (χ1v) is 8.10. The zero-order valence-corrected chi connectivity index (χ0v) is 13.8. The minimum Gasteiger partial charge on any atom is -0.379 e. The maximum Gasteiger partial charge on any atom is 0.252 e. The fourth-order valence-electron chi connectivity index (χ4n) is 2.96. The summed E-state index contributed by atoms with van der Waals surface area (Å²) in [5.74, 6) is -0.0284. The number of carbonyl (C=O) groups excluding carboxylic acids is 1. The van der Waals surface area contributed by atoms with Crippen LogP contribution in [0.5, 0.6) is 0 Å². The van der Waals surface area contributed by atoms with Crippen LogP contribution in [0.3, 0.4) is 0 Å². The van der Waals surface area contributed by atoms with Gasteiger partial charge in [-0.3, -0.25) is 14.7 Å². The maximum atomic E-state index is 12.6. The first-order valence-electron chi connectivity index (χ1n) is 8.10. The van der Waals surface area contributed by atoms with E-state index in [0.717, 1.165) is 55.0 Å². The molecule has 3 rings (SSSR count). The number of rotatable bonds is 4. The molecule has 5 nitrogen and oxygen atoms in total. The topological polar surface area (TPSA) is 54.5 Å². The second kappa shape index (κ2) is 7.06. The lowest BCUT2D eigenvalue weighted by Gasteiger charge is -2.26. The molecule has 0 spiro atoms. The number of fused-ring (bicyclic) bond motifs is 1. The number of ether oxygens (including phenoxy) is 1. The van der Waals surface area contributed by atoms with E-state index in [9.17, 15) is 4.79 Å². The van der Waals surface area contributed by atoms with Crippen molar-refractivity contribution in [3.8, 4) is 0 Å². The highest BCUT2D eigenvalue weighted by molar-refractivity contribution is 6.06. The van der Waals surface area contributed by atoms with E-state index < -0.39 is 0 Å². The number of benzene rings is 1. The van der Waals surface area contributed by atoms with Crippen molar-refractivity contribution in [3.63, 3.8) is 0 Å². The number of hydrogen-bond donors (Lipinski definition) is 1. The summed E-state index contributed by atoms with van der Waals surface area (Å²) in [6, 6.07) is 7.82. The molecule has 1 aliphatic heterocycles. The smallest absolute Gasteiger partial charge is 0.252 e. The van der Waals surface area contributed by atoms with Crippen molar-refractivity contribution in [3.05, 3.63) is 41.1 Å². The van der Waals surface area contributed by atoms with E-state index in [1.807, 2.05) is 38.1 Å². The number of carbonyl (C=O) groups is 1. The van der Waals surface area contributed by atoms with Gasteiger partial charge in [0.1, 0.15) is 0 Å². The summed E-state index contributed by atoms with van der Waals surface area (Å²) in [4.78, 5) is 19.5. The van der Waals surface area contributed by atoms with Crippen molar-refractivity contribution in [1.29, 1.82) is 0 Å². The lowest BCUT2D eigenvalue weighted by atomic mass is 10.0. The van der Waals surface area contributed by atoms with Gasteiger partial charge in [0, 0.05) is 37.3 Å². The molecule has 0 atom stereocenters. The lowest BCUT2D eigenvalue weighted by Crippen LogP contribution is -2.41. The molecule has 1 N–H and O–H groups in total. The van der Waals surface area contributed by atoms with Crippen LogP contribution in [0.25, 0.3) is 10.9 Å². The van der Waals surface area contributed by atoms with Crippen molar-refractivity contribution in [1.82, 2.24) is 15.2 Å². The predicted octanol–water partition coefficient (Wildman–Crippen LogP) is 1.91. The van der Waals surface area contributed by atoms with E-state index in [2.05, 4.69) is 15.2 Å². The van der Waals surface area contributed by atoms with E-state index in [4.69, 9.17) is 4.74 Å². The zero-order valence-electron chi connectivity index (χ0n) is 13.8. The summed E-state index contributed by atoms with van der Waals surface area (Å²) in [6.07, 6.45) is 0. The van der Waals surface area contributed by atoms with Gasteiger partial charge in [-0.2, -0.15) is 0 Å². The van der Waals surface area contributed by atoms with E-state index in [-0.39, 0.29) is 5.91 Å². The minimum absolute atomic E-state index is 0.0284. The molecule has 23 heavy (non-hydrogen) atoms. The molecule has 0 radical (unpaired) electrons. The molecule has 1 amide bonds. The first kappa shape index (κ1) is 15.9. The van der Waals surface area contributed by atoms with Crippen molar-refractivity contribution >= 4 is 16.8 Å². The molecule has 0 saturated carbocycles. The molecule has 1 fully saturated rings. The van der Waals surface area contributed by atoms with Gasteiger partial charge in [-0.1, -0.05) is 18.2 Å². The van der Waals surface area contributed by atoms with Gasteiger partial charge in [0.05, 0.1) is 24.3 Å². The van der Waals surface area contributed by atoms with Crippen LogP contribution in [-0.4, -0.2) is 55.2 Å². The molecule has 1 aromatic heterocycles. The number of nitrogens with zero attached hydrogens (tertiary/aromatic N) is 2. The number of morpholine rings is 1. The molecule has 1 aromatic carbocycles. The summed E-state index contributed by atoms with van der Waals surface area (Å²) in [5, 5.41) is 3.95. The number of amides is 1. The van der Waals surface area contributed by atoms with E-state index in [0.29, 0.717) is 12.1 Å². The fourth-order valence-corrected chi connectivity index (χ4v) is 2.96. The van der Waals surface area contributed by atoms with E-state index in [1.54, 1.807) is 0 Å². The van der Waals surface area contributed by atoms with Crippen LogP contribution in [0, 0.1) is 13.8 Å². The highest BCUT2D eigenvalue weighted by atomic mass is 16.5. The van der Waals surface area contributed by atoms with Crippen LogP contribution in [0.15, 0.2) is 24.3 Å². The van der Waals surface area contributed by atoms with E-state index >= 15 is 0 Å². The standard InChI is InChI=1S/C18H23N3O2/c1-13-4-3-5-15-16(12-14(2)20-17(13)15)18(22)19-6-7-21-8-10-23-11-9-21/h3-5,12H,6-11H2,1-2H3,(H,19,22). The average molecular weight is 313 g/mol. The number of aromatic nitrogens is 1. The highest BCUT2D eigenvalue weighted by Crippen LogP contribution is 2.21. The summed E-state index contributed by atoms with van der Waals surface area (Å²) in [5.41, 5.74) is 3.57. The summed E-state index contributed by atoms with van der Waals surface area (Å²) in [7, 11) is 0. The largest absolute Gasteiger partial charge is 0.379 e. The Morgan fingerprint density at radius 1 is 1.30 bits per heavy atom. The van der Waals surface area contributed by atoms with Gasteiger partial charge in [0.2, 0.25) is 0 Å². The monoisotopic (exact) mass is 313 g/mol. The van der Waals surface area contributed by atoms with Gasteiger partial charge < -0.3 is 10.1 Å². The second-order valence-electron chi connectivity index (χ2n) is 5.99. The minimum atomic E-state index is -0.0284. The van der Waals surface area contributed by atoms with Crippen molar-refractivity contribution in [2.75, 3.05) is 39.4 Å². The van der Waals surface area contributed by atoms with Crippen LogP contribution >= 0.6 is 0 Å². The Labute approximate surface area is 136 Å². The Balaban J connectivity index is 1.71. The van der Waals surface area contributed by atoms with Gasteiger partial charge >= 0.3 is 0 Å². The first-order chi connectivity index (χ1) is 11.1. The molecule has 2 aromatic rings. The molecule has 2 heterocycles. The molecule has 1 saturated heterocycles. The lowest BCUT2D eigenvalue weighted by molar-refractivity contribution is 0.0383. The molecule has 1 aliphatic rings. The van der Waals surface area contributed by atoms with Gasteiger partial charge in [-0.25, -0.2) is 0 Å². The Bertz CT molecular complexity index is 709. The van der Waals surface area contributed by atoms with Crippen LogP contribution in [0.4, 0.5) is 0 Å². The van der Waals surface area contributed by atoms with Gasteiger partial charge in [0.25, 0.3) is 5.91 Å². The maximum absolute atomic E-state index is 12.6. The third-order valence-electron chi connectivity index (χ3n) is 4.23. The third-order valence-corrected chi connectivity index (χ3v) is 4.23. The van der Waals surface area contributed by atoms with Gasteiger partial charge in [0.15, 0.2) is 0 Å². The Kier molecular flexibility index (Phi) is 4.88. The van der Waals surface area contributed by atoms with Crippen LogP contribution in [0.1, 0.15) is 21.6 Å². The number of hydrogen-bond acceptors (Lipinski definition) is 4. The predicted molar refractivity (Wildman–Crippen MR) is 90.8 cm³/mol. The number of aryl methyl sites for hydroxylation is 2. The van der Waals surface area contributed by atoms with Crippen LogP contribution in [-0.2, 0) is 4.74 Å². The SMILES string of the molecule is Cc1cc(C(=O)NCCN2CCOCC2)c2cccc(C)c2n1. The Morgan fingerprint density at radius 3 is 2.87 bits per heavy atom. The van der Waals surface area contributed by atoms with Crippen LogP contribution in [0.2, 0.25) is 0 Å². The third kappa shape index (κ3) is 3.68. The molecule has 0 unspecified atom stereocenters. The quantitative estimate of drug-likeness (QED) is 0.937. The van der Waals surface area contributed by atoms with Crippen molar-refractivity contribution in [2.24, 2.45) is 0 Å². The fraction of sp³-hybridized carbons (Fsp3) is 0.444. The summed E-state index contributed by atoms with van der Waals surface area (Å²) >= 11 is 0. The molecule has 0 aliphatic carbocycles. The second-order valence-corrected chi connectivity index (χ2v) is 5.99. The number of para-hydroxylation sites is 1. The number of pyridine rings is 1. The van der Waals surface area contributed by atoms with E-state index in [1.165, 1.54) is 0 Å². The Morgan fingerprint density at radius 2 is 2.09 bits per heavy atom. The molecule has 122 valence electrons. The molecule has 0 bridgehead atoms.